The lowest BCUT2D eigenvalue weighted by atomic mass is 9.80. The van der Waals surface area contributed by atoms with Crippen LogP contribution in [-0.2, 0) is 9.31 Å². The van der Waals surface area contributed by atoms with E-state index >= 15 is 0 Å². The van der Waals surface area contributed by atoms with Crippen molar-refractivity contribution in [3.8, 4) is 6.07 Å². The molecule has 0 amide bonds. The molecule has 1 fully saturated rings. The van der Waals surface area contributed by atoms with E-state index in [2.05, 4.69) is 11.1 Å². The van der Waals surface area contributed by atoms with Crippen LogP contribution in [0.3, 0.4) is 0 Å². The maximum Gasteiger partial charge on any atom is 0.496 e. The van der Waals surface area contributed by atoms with Crippen molar-refractivity contribution in [3.63, 3.8) is 0 Å². The van der Waals surface area contributed by atoms with Crippen LogP contribution in [-0.4, -0.2) is 27.7 Å². The average Bonchev–Trinajstić information content (AvgIpc) is 2.87. The van der Waals surface area contributed by atoms with E-state index in [1.807, 2.05) is 46.0 Å². The van der Waals surface area contributed by atoms with Gasteiger partial charge in [-0.1, -0.05) is 6.07 Å². The van der Waals surface area contributed by atoms with Crippen molar-refractivity contribution in [2.75, 3.05) is 0 Å². The second kappa shape index (κ2) is 4.08. The van der Waals surface area contributed by atoms with Gasteiger partial charge in [-0.2, -0.15) is 5.26 Å². The van der Waals surface area contributed by atoms with Gasteiger partial charge in [0, 0.05) is 6.20 Å². The Bertz CT molecular complexity index is 699. The molecule has 0 radical (unpaired) electrons. The van der Waals surface area contributed by atoms with Gasteiger partial charge in [0.2, 0.25) is 5.82 Å². The van der Waals surface area contributed by atoms with Gasteiger partial charge in [-0.25, -0.2) is 4.98 Å². The second-order valence-corrected chi connectivity index (χ2v) is 6.04. The van der Waals surface area contributed by atoms with Crippen molar-refractivity contribution in [1.82, 2.24) is 9.38 Å². The summed E-state index contributed by atoms with van der Waals surface area (Å²) in [5.41, 5.74) is 1.01. The third-order valence-electron chi connectivity index (χ3n) is 4.18. The lowest BCUT2D eigenvalue weighted by Gasteiger charge is -2.32. The third kappa shape index (κ3) is 1.82. The fraction of sp³-hybridized carbons (Fsp3) is 0.429. The number of rotatable bonds is 1. The zero-order chi connectivity index (χ0) is 14.5. The SMILES string of the molecule is CC1(C)OB(c2ccc3cnc(C#N)n3c2)OC1(C)C. The normalized spacial score (nSPS) is 20.2. The molecule has 0 aromatic carbocycles. The van der Waals surface area contributed by atoms with Crippen molar-refractivity contribution < 1.29 is 9.31 Å². The molecule has 0 N–H and O–H groups in total. The van der Waals surface area contributed by atoms with Gasteiger partial charge in [-0.05, 0) is 39.2 Å². The van der Waals surface area contributed by atoms with E-state index in [-0.39, 0.29) is 11.2 Å². The summed E-state index contributed by atoms with van der Waals surface area (Å²) in [5, 5.41) is 9.05. The lowest BCUT2D eigenvalue weighted by molar-refractivity contribution is 0.00578. The van der Waals surface area contributed by atoms with Crippen LogP contribution >= 0.6 is 0 Å². The van der Waals surface area contributed by atoms with E-state index < -0.39 is 7.12 Å². The summed E-state index contributed by atoms with van der Waals surface area (Å²) in [6.07, 6.45) is 3.52. The van der Waals surface area contributed by atoms with E-state index in [4.69, 9.17) is 14.6 Å². The van der Waals surface area contributed by atoms with Gasteiger partial charge in [-0.3, -0.25) is 4.40 Å². The maximum atomic E-state index is 9.05. The highest BCUT2D eigenvalue weighted by molar-refractivity contribution is 6.62. The Labute approximate surface area is 118 Å². The Morgan fingerprint density at radius 1 is 1.20 bits per heavy atom. The van der Waals surface area contributed by atoms with Gasteiger partial charge in [0.25, 0.3) is 0 Å². The molecule has 3 rings (SSSR count). The highest BCUT2D eigenvalue weighted by Gasteiger charge is 2.51. The minimum atomic E-state index is -0.432. The molecule has 3 heterocycles. The maximum absolute atomic E-state index is 9.05. The van der Waals surface area contributed by atoms with E-state index in [0.29, 0.717) is 5.82 Å². The van der Waals surface area contributed by atoms with E-state index in [9.17, 15) is 0 Å². The molecule has 0 bridgehead atoms. The predicted octanol–water partition coefficient (Wildman–Crippen LogP) is 1.51. The molecule has 0 unspecified atom stereocenters. The summed E-state index contributed by atoms with van der Waals surface area (Å²) >= 11 is 0. The second-order valence-electron chi connectivity index (χ2n) is 6.04. The molecule has 6 heteroatoms. The van der Waals surface area contributed by atoms with Crippen molar-refractivity contribution in [2.24, 2.45) is 0 Å². The molecule has 102 valence electrons. The van der Waals surface area contributed by atoms with Crippen molar-refractivity contribution in [1.29, 1.82) is 5.26 Å². The molecular formula is C14H16BN3O2. The van der Waals surface area contributed by atoms with Crippen LogP contribution in [0.25, 0.3) is 5.52 Å². The summed E-state index contributed by atoms with van der Waals surface area (Å²) in [6.45, 7) is 8.07. The first-order valence-electron chi connectivity index (χ1n) is 6.57. The molecule has 1 aliphatic rings. The summed E-state index contributed by atoms with van der Waals surface area (Å²) in [6, 6.07) is 5.93. The molecular weight excluding hydrogens is 253 g/mol. The Kier molecular flexibility index (Phi) is 2.68. The summed E-state index contributed by atoms with van der Waals surface area (Å²) < 4.78 is 13.8. The zero-order valence-corrected chi connectivity index (χ0v) is 12.0. The van der Waals surface area contributed by atoms with Crippen LogP contribution in [0.4, 0.5) is 0 Å². The van der Waals surface area contributed by atoms with Gasteiger partial charge in [-0.15, -0.1) is 0 Å². The summed E-state index contributed by atoms with van der Waals surface area (Å²) in [4.78, 5) is 4.06. The molecule has 0 spiro atoms. The number of pyridine rings is 1. The van der Waals surface area contributed by atoms with Crippen LogP contribution in [0.15, 0.2) is 24.5 Å². The minimum Gasteiger partial charge on any atom is -0.399 e. The Morgan fingerprint density at radius 3 is 2.45 bits per heavy atom. The first kappa shape index (κ1) is 13.2. The number of hydrogen-bond acceptors (Lipinski definition) is 4. The highest BCUT2D eigenvalue weighted by Crippen LogP contribution is 2.36. The lowest BCUT2D eigenvalue weighted by Crippen LogP contribution is -2.41. The van der Waals surface area contributed by atoms with Crippen LogP contribution in [0.5, 0.6) is 0 Å². The topological polar surface area (TPSA) is 59.5 Å². The average molecular weight is 269 g/mol. The smallest absolute Gasteiger partial charge is 0.399 e. The Morgan fingerprint density at radius 2 is 1.85 bits per heavy atom. The Hall–Kier alpha value is -1.84. The number of fused-ring (bicyclic) bond motifs is 1. The van der Waals surface area contributed by atoms with Gasteiger partial charge in [0.15, 0.2) is 0 Å². The van der Waals surface area contributed by atoms with Gasteiger partial charge >= 0.3 is 7.12 Å². The standard InChI is InChI=1S/C14H16BN3O2/c1-13(2)14(3,4)20-15(19-13)10-5-6-11-8-17-12(7-16)18(11)9-10/h5-6,8-9H,1-4H3. The van der Waals surface area contributed by atoms with Crippen LogP contribution in [0.1, 0.15) is 33.5 Å². The van der Waals surface area contributed by atoms with E-state index in [1.165, 1.54) is 0 Å². The Balaban J connectivity index is 2.02. The van der Waals surface area contributed by atoms with Gasteiger partial charge in [0.1, 0.15) is 6.07 Å². The monoisotopic (exact) mass is 269 g/mol. The first-order valence-corrected chi connectivity index (χ1v) is 6.57. The zero-order valence-electron chi connectivity index (χ0n) is 12.0. The van der Waals surface area contributed by atoms with Crippen molar-refractivity contribution >= 4 is 18.1 Å². The van der Waals surface area contributed by atoms with Crippen molar-refractivity contribution in [3.05, 3.63) is 30.4 Å². The molecule has 0 saturated carbocycles. The van der Waals surface area contributed by atoms with Gasteiger partial charge in [0.05, 0.1) is 22.9 Å². The number of imidazole rings is 1. The fourth-order valence-corrected chi connectivity index (χ4v) is 2.21. The van der Waals surface area contributed by atoms with Crippen LogP contribution in [0, 0.1) is 11.3 Å². The molecule has 5 nitrogen and oxygen atoms in total. The fourth-order valence-electron chi connectivity index (χ4n) is 2.21. The largest absolute Gasteiger partial charge is 0.496 e. The predicted molar refractivity (Wildman–Crippen MR) is 75.6 cm³/mol. The van der Waals surface area contributed by atoms with E-state index in [0.717, 1.165) is 11.0 Å². The first-order chi connectivity index (χ1) is 9.34. The van der Waals surface area contributed by atoms with E-state index in [1.54, 1.807) is 10.6 Å². The number of nitriles is 1. The quantitative estimate of drug-likeness (QED) is 0.736. The van der Waals surface area contributed by atoms with Gasteiger partial charge < -0.3 is 9.31 Å². The van der Waals surface area contributed by atoms with Crippen LogP contribution in [0.2, 0.25) is 0 Å². The highest BCUT2D eigenvalue weighted by atomic mass is 16.7. The summed E-state index contributed by atoms with van der Waals surface area (Å²) in [5.74, 6) is 0.360. The van der Waals surface area contributed by atoms with Crippen LogP contribution < -0.4 is 5.46 Å². The van der Waals surface area contributed by atoms with Crippen molar-refractivity contribution in [2.45, 2.75) is 38.9 Å². The molecule has 0 aliphatic carbocycles. The molecule has 2 aromatic heterocycles. The molecule has 1 aliphatic heterocycles. The molecule has 20 heavy (non-hydrogen) atoms. The summed E-state index contributed by atoms with van der Waals surface area (Å²) in [7, 11) is -0.432. The number of nitrogens with zero attached hydrogens (tertiary/aromatic N) is 3. The molecule has 1 saturated heterocycles. The molecule has 0 atom stereocenters. The minimum absolute atomic E-state index is 0.360. The number of aromatic nitrogens is 2. The third-order valence-corrected chi connectivity index (χ3v) is 4.18. The molecule has 2 aromatic rings. The number of hydrogen-bond donors (Lipinski definition) is 0.